The third kappa shape index (κ3) is 3.27. The van der Waals surface area contributed by atoms with E-state index in [-0.39, 0.29) is 12.9 Å². The van der Waals surface area contributed by atoms with Gasteiger partial charge in [-0.25, -0.2) is 0 Å². The van der Waals surface area contributed by atoms with Gasteiger partial charge in [-0.15, -0.1) is 0 Å². The van der Waals surface area contributed by atoms with Crippen LogP contribution in [-0.4, -0.2) is 29.3 Å². The van der Waals surface area contributed by atoms with E-state index < -0.39 is 5.97 Å². The van der Waals surface area contributed by atoms with E-state index in [9.17, 15) is 4.79 Å². The highest BCUT2D eigenvalue weighted by molar-refractivity contribution is 5.70. The summed E-state index contributed by atoms with van der Waals surface area (Å²) >= 11 is 0. The molecule has 0 saturated carbocycles. The molecule has 5 nitrogen and oxygen atoms in total. The molecule has 5 heteroatoms. The third-order valence-corrected chi connectivity index (χ3v) is 2.11. The van der Waals surface area contributed by atoms with Gasteiger partial charge >= 0.3 is 5.97 Å². The molecule has 1 aromatic carbocycles. The van der Waals surface area contributed by atoms with Crippen LogP contribution in [-0.2, 0) is 22.4 Å². The van der Waals surface area contributed by atoms with Crippen molar-refractivity contribution in [1.29, 1.82) is 0 Å². The Kier molecular flexibility index (Phi) is 4.32. The number of hydrogen-bond acceptors (Lipinski definition) is 3. The first kappa shape index (κ1) is 12.0. The predicted octanol–water partition coefficient (Wildman–Crippen LogP) is 0.949. The van der Waals surface area contributed by atoms with Crippen molar-refractivity contribution in [3.8, 4) is 5.75 Å². The van der Waals surface area contributed by atoms with Crippen molar-refractivity contribution in [3.63, 3.8) is 0 Å². The molecule has 0 fully saturated rings. The smallest absolute Gasteiger partial charge is 0.307 e. The van der Waals surface area contributed by atoms with E-state index in [4.69, 9.17) is 19.7 Å². The second-order valence-electron chi connectivity index (χ2n) is 3.22. The lowest BCUT2D eigenvalue weighted by Crippen LogP contribution is -1.99. The van der Waals surface area contributed by atoms with Crippen LogP contribution in [0.25, 0.3) is 0 Å². The van der Waals surface area contributed by atoms with Crippen LogP contribution in [0.3, 0.4) is 0 Å². The van der Waals surface area contributed by atoms with Gasteiger partial charge in [0, 0.05) is 6.42 Å². The Bertz CT molecular complexity index is 386. The highest BCUT2D eigenvalue weighted by atomic mass is 16.5. The van der Waals surface area contributed by atoms with Crippen LogP contribution in [0.15, 0.2) is 18.2 Å². The van der Waals surface area contributed by atoms with Crippen LogP contribution < -0.4 is 4.74 Å². The summed E-state index contributed by atoms with van der Waals surface area (Å²) < 4.78 is 5.31. The number of hydrogen-bond donors (Lipinski definition) is 2. The average Bonchev–Trinajstić information content (AvgIpc) is 2.64. The van der Waals surface area contributed by atoms with E-state index in [1.807, 2.05) is 12.1 Å². The molecule has 0 unspecified atom stereocenters. The Morgan fingerprint density at radius 1 is 1.50 bits per heavy atom. The summed E-state index contributed by atoms with van der Waals surface area (Å²) in [6.45, 7) is 0.464. The lowest BCUT2D eigenvalue weighted by molar-refractivity contribution is -0.136. The Balaban J connectivity index is 0.000000386. The molecule has 0 atom stereocenters. The number of ether oxygens (including phenoxy) is 1. The van der Waals surface area contributed by atoms with E-state index in [0.717, 1.165) is 23.3 Å². The quantitative estimate of drug-likeness (QED) is 0.730. The van der Waals surface area contributed by atoms with E-state index in [1.54, 1.807) is 6.07 Å². The van der Waals surface area contributed by atoms with Gasteiger partial charge in [-0.3, -0.25) is 9.59 Å². The normalized spacial score (nSPS) is 11.8. The molecule has 0 spiro atoms. The molecule has 0 saturated heterocycles. The summed E-state index contributed by atoms with van der Waals surface area (Å²) in [7, 11) is 0. The van der Waals surface area contributed by atoms with Crippen LogP contribution in [0.1, 0.15) is 11.1 Å². The summed E-state index contributed by atoms with van der Waals surface area (Å²) in [5, 5.41) is 15.5. The molecular formula is C11H12O5. The first-order valence-corrected chi connectivity index (χ1v) is 4.71. The largest absolute Gasteiger partial charge is 0.493 e. The highest BCUT2D eigenvalue weighted by Gasteiger charge is 2.12. The fourth-order valence-corrected chi connectivity index (χ4v) is 1.52. The Morgan fingerprint density at radius 3 is 2.81 bits per heavy atom. The van der Waals surface area contributed by atoms with Gasteiger partial charge in [0.15, 0.2) is 0 Å². The van der Waals surface area contributed by atoms with Gasteiger partial charge < -0.3 is 14.9 Å². The molecule has 86 valence electrons. The predicted molar refractivity (Wildman–Crippen MR) is 55.7 cm³/mol. The molecule has 0 aromatic heterocycles. The molecule has 2 N–H and O–H groups in total. The molecule has 0 radical (unpaired) electrons. The molecule has 1 heterocycles. The molecule has 1 aromatic rings. The molecular weight excluding hydrogens is 212 g/mol. The van der Waals surface area contributed by atoms with E-state index in [2.05, 4.69) is 0 Å². The number of carboxylic acids is 1. The second kappa shape index (κ2) is 5.75. The number of aliphatic carboxylic acids is 1. The van der Waals surface area contributed by atoms with Crippen LogP contribution in [0.2, 0.25) is 0 Å². The Hall–Kier alpha value is -2.04. The van der Waals surface area contributed by atoms with Gasteiger partial charge in [-0.2, -0.15) is 0 Å². The van der Waals surface area contributed by atoms with Gasteiger partial charge in [0.25, 0.3) is 6.47 Å². The zero-order chi connectivity index (χ0) is 12.0. The Labute approximate surface area is 92.3 Å². The van der Waals surface area contributed by atoms with Crippen molar-refractivity contribution in [2.24, 2.45) is 0 Å². The van der Waals surface area contributed by atoms with Crippen molar-refractivity contribution in [2.45, 2.75) is 12.8 Å². The molecule has 0 bridgehead atoms. The molecule has 2 rings (SSSR count). The van der Waals surface area contributed by atoms with Crippen molar-refractivity contribution in [2.75, 3.05) is 6.61 Å². The Morgan fingerprint density at radius 2 is 2.19 bits per heavy atom. The lowest BCUT2D eigenvalue weighted by Gasteiger charge is -2.00. The van der Waals surface area contributed by atoms with E-state index in [1.165, 1.54) is 0 Å². The monoisotopic (exact) mass is 224 g/mol. The number of rotatable bonds is 2. The van der Waals surface area contributed by atoms with Crippen molar-refractivity contribution < 1.29 is 24.5 Å². The van der Waals surface area contributed by atoms with Gasteiger partial charge in [-0.1, -0.05) is 12.1 Å². The van der Waals surface area contributed by atoms with Gasteiger partial charge in [-0.05, 0) is 17.2 Å². The molecule has 0 amide bonds. The summed E-state index contributed by atoms with van der Waals surface area (Å²) in [6, 6.07) is 5.56. The van der Waals surface area contributed by atoms with Crippen LogP contribution in [0.4, 0.5) is 0 Å². The minimum atomic E-state index is -0.793. The van der Waals surface area contributed by atoms with Gasteiger partial charge in [0.1, 0.15) is 5.75 Å². The first-order chi connectivity index (χ1) is 7.67. The summed E-state index contributed by atoms with van der Waals surface area (Å²) in [5.41, 5.74) is 1.97. The number of carboxylic acid groups (broad SMARTS) is 2. The number of carbonyl (C=O) groups is 2. The number of fused-ring (bicyclic) bond motifs is 1. The molecule has 1 aliphatic rings. The van der Waals surface area contributed by atoms with Gasteiger partial charge in [0.05, 0.1) is 13.0 Å². The highest BCUT2D eigenvalue weighted by Crippen LogP contribution is 2.25. The topological polar surface area (TPSA) is 83.8 Å². The minimum Gasteiger partial charge on any atom is -0.493 e. The maximum absolute atomic E-state index is 10.4. The lowest BCUT2D eigenvalue weighted by atomic mass is 10.1. The van der Waals surface area contributed by atoms with Crippen LogP contribution in [0.5, 0.6) is 5.75 Å². The zero-order valence-corrected chi connectivity index (χ0v) is 8.55. The van der Waals surface area contributed by atoms with E-state index >= 15 is 0 Å². The standard InChI is InChI=1S/C10H10O3.CH2O2/c11-10(12)6-7-1-2-9-8(5-7)3-4-13-9;2-1-3/h1-2,5H,3-4,6H2,(H,11,12);1H,(H,2,3). The van der Waals surface area contributed by atoms with Gasteiger partial charge in [0.2, 0.25) is 0 Å². The van der Waals surface area contributed by atoms with Crippen LogP contribution in [0, 0.1) is 0 Å². The minimum absolute atomic E-state index is 0.0906. The zero-order valence-electron chi connectivity index (χ0n) is 8.55. The summed E-state index contributed by atoms with van der Waals surface area (Å²) in [4.78, 5) is 18.8. The van der Waals surface area contributed by atoms with Crippen molar-refractivity contribution in [1.82, 2.24) is 0 Å². The fourth-order valence-electron chi connectivity index (χ4n) is 1.52. The molecule has 1 aliphatic heterocycles. The van der Waals surface area contributed by atoms with Crippen LogP contribution >= 0.6 is 0 Å². The van der Waals surface area contributed by atoms with Crippen molar-refractivity contribution >= 4 is 12.4 Å². The fraction of sp³-hybridized carbons (Fsp3) is 0.273. The third-order valence-electron chi connectivity index (χ3n) is 2.11. The molecule has 0 aliphatic carbocycles. The van der Waals surface area contributed by atoms with E-state index in [0.29, 0.717) is 6.61 Å². The first-order valence-electron chi connectivity index (χ1n) is 4.71. The molecule has 16 heavy (non-hydrogen) atoms. The maximum atomic E-state index is 10.4. The average molecular weight is 224 g/mol. The second-order valence-corrected chi connectivity index (χ2v) is 3.22. The summed E-state index contributed by atoms with van der Waals surface area (Å²) in [5.74, 6) is 0.105. The van der Waals surface area contributed by atoms with Crippen molar-refractivity contribution in [3.05, 3.63) is 29.3 Å². The summed E-state index contributed by atoms with van der Waals surface area (Å²) in [6.07, 6.45) is 0.982. The maximum Gasteiger partial charge on any atom is 0.307 e. The number of benzene rings is 1. The SMILES string of the molecule is O=C(O)Cc1ccc2c(c1)CCO2.O=CO.